The smallest absolute Gasteiger partial charge is 0.221 e. The van der Waals surface area contributed by atoms with Gasteiger partial charge < -0.3 is 16.0 Å². The summed E-state index contributed by atoms with van der Waals surface area (Å²) >= 11 is 0. The van der Waals surface area contributed by atoms with Gasteiger partial charge in [-0.15, -0.1) is 0 Å². The van der Waals surface area contributed by atoms with E-state index >= 15 is 0 Å². The molecule has 0 saturated carbocycles. The average molecular weight is 213 g/mol. The van der Waals surface area contributed by atoms with E-state index in [2.05, 4.69) is 24.1 Å². The molecule has 0 aromatic carbocycles. The van der Waals surface area contributed by atoms with Crippen LogP contribution < -0.4 is 11.1 Å². The van der Waals surface area contributed by atoms with Crippen LogP contribution in [0, 0.1) is 5.92 Å². The molecule has 0 aliphatic carbocycles. The van der Waals surface area contributed by atoms with Crippen molar-refractivity contribution in [3.05, 3.63) is 0 Å². The Balaban J connectivity index is 2.48. The van der Waals surface area contributed by atoms with E-state index in [9.17, 15) is 4.79 Å². The van der Waals surface area contributed by atoms with Gasteiger partial charge in [-0.3, -0.25) is 4.79 Å². The molecule has 4 nitrogen and oxygen atoms in total. The standard InChI is InChI=1S/C11H23N3O/c1-9(2)10-8-14(6-3-5-12)7-4-11(15)13-10/h9-10H,3-8,12H2,1-2H3,(H,13,15). The van der Waals surface area contributed by atoms with Crippen molar-refractivity contribution in [1.29, 1.82) is 0 Å². The monoisotopic (exact) mass is 213 g/mol. The van der Waals surface area contributed by atoms with Gasteiger partial charge in [-0.2, -0.15) is 0 Å². The van der Waals surface area contributed by atoms with Gasteiger partial charge in [0.1, 0.15) is 0 Å². The van der Waals surface area contributed by atoms with Crippen LogP contribution in [0.5, 0.6) is 0 Å². The topological polar surface area (TPSA) is 58.4 Å². The van der Waals surface area contributed by atoms with Gasteiger partial charge in [0.05, 0.1) is 0 Å². The molecule has 1 amide bonds. The van der Waals surface area contributed by atoms with Crippen molar-refractivity contribution in [3.8, 4) is 0 Å². The molecule has 4 heteroatoms. The van der Waals surface area contributed by atoms with Crippen molar-refractivity contribution in [2.75, 3.05) is 26.2 Å². The zero-order valence-corrected chi connectivity index (χ0v) is 9.83. The number of nitrogens with two attached hydrogens (primary N) is 1. The maximum atomic E-state index is 11.5. The molecule has 1 rings (SSSR count). The van der Waals surface area contributed by atoms with Crippen LogP contribution in [0.15, 0.2) is 0 Å². The maximum absolute atomic E-state index is 11.5. The lowest BCUT2D eigenvalue weighted by molar-refractivity contribution is -0.121. The summed E-state index contributed by atoms with van der Waals surface area (Å²) in [4.78, 5) is 13.8. The summed E-state index contributed by atoms with van der Waals surface area (Å²) in [6.07, 6.45) is 1.63. The van der Waals surface area contributed by atoms with Gasteiger partial charge in [0.25, 0.3) is 0 Å². The molecule has 0 spiro atoms. The van der Waals surface area contributed by atoms with Crippen LogP contribution in [-0.4, -0.2) is 43.0 Å². The molecule has 1 heterocycles. The molecule has 1 atom stereocenters. The Bertz CT molecular complexity index is 206. The minimum Gasteiger partial charge on any atom is -0.352 e. The van der Waals surface area contributed by atoms with Crippen LogP contribution in [0.25, 0.3) is 0 Å². The number of hydrogen-bond acceptors (Lipinski definition) is 3. The maximum Gasteiger partial charge on any atom is 0.221 e. The van der Waals surface area contributed by atoms with Gasteiger partial charge in [-0.25, -0.2) is 0 Å². The molecule has 1 saturated heterocycles. The molecule has 1 aliphatic rings. The van der Waals surface area contributed by atoms with E-state index in [1.165, 1.54) is 0 Å². The van der Waals surface area contributed by atoms with Gasteiger partial charge in [0.15, 0.2) is 0 Å². The molecule has 0 bridgehead atoms. The van der Waals surface area contributed by atoms with Gasteiger partial charge in [-0.1, -0.05) is 13.8 Å². The number of nitrogens with one attached hydrogen (secondary N) is 1. The van der Waals surface area contributed by atoms with Gasteiger partial charge >= 0.3 is 0 Å². The Morgan fingerprint density at radius 1 is 1.60 bits per heavy atom. The number of amides is 1. The summed E-state index contributed by atoms with van der Waals surface area (Å²) < 4.78 is 0. The van der Waals surface area contributed by atoms with E-state index in [0.717, 1.165) is 32.6 Å². The van der Waals surface area contributed by atoms with Crippen molar-refractivity contribution >= 4 is 5.91 Å². The van der Waals surface area contributed by atoms with Gasteiger partial charge in [0, 0.05) is 25.6 Å². The van der Waals surface area contributed by atoms with Crippen molar-refractivity contribution in [2.24, 2.45) is 11.7 Å². The van der Waals surface area contributed by atoms with Crippen LogP contribution in [-0.2, 0) is 4.79 Å². The average Bonchev–Trinajstić information content (AvgIpc) is 2.37. The first-order chi connectivity index (χ1) is 7.13. The summed E-state index contributed by atoms with van der Waals surface area (Å²) in [5.41, 5.74) is 5.50. The van der Waals surface area contributed by atoms with E-state index < -0.39 is 0 Å². The van der Waals surface area contributed by atoms with Gasteiger partial charge in [0.2, 0.25) is 5.91 Å². The van der Waals surface area contributed by atoms with Crippen LogP contribution in [0.2, 0.25) is 0 Å². The zero-order chi connectivity index (χ0) is 11.3. The van der Waals surface area contributed by atoms with E-state index in [-0.39, 0.29) is 11.9 Å². The minimum atomic E-state index is 0.184. The quantitative estimate of drug-likeness (QED) is 0.700. The zero-order valence-electron chi connectivity index (χ0n) is 9.83. The highest BCUT2D eigenvalue weighted by Crippen LogP contribution is 2.09. The van der Waals surface area contributed by atoms with E-state index in [1.54, 1.807) is 0 Å². The Hall–Kier alpha value is -0.610. The third kappa shape index (κ3) is 4.18. The molecule has 0 aromatic rings. The molecule has 3 N–H and O–H groups in total. The second kappa shape index (κ2) is 6.08. The molecular formula is C11H23N3O. The fraction of sp³-hybridized carbons (Fsp3) is 0.909. The van der Waals surface area contributed by atoms with Crippen LogP contribution in [0.4, 0.5) is 0 Å². The molecule has 1 unspecified atom stereocenters. The largest absolute Gasteiger partial charge is 0.352 e. The Morgan fingerprint density at radius 3 is 2.93 bits per heavy atom. The highest BCUT2D eigenvalue weighted by atomic mass is 16.1. The fourth-order valence-electron chi connectivity index (χ4n) is 1.85. The van der Waals surface area contributed by atoms with Gasteiger partial charge in [-0.05, 0) is 25.4 Å². The lowest BCUT2D eigenvalue weighted by Crippen LogP contribution is -2.43. The highest BCUT2D eigenvalue weighted by molar-refractivity contribution is 5.76. The predicted octanol–water partition coefficient (Wildman–Crippen LogP) is 0.182. The van der Waals surface area contributed by atoms with Crippen LogP contribution >= 0.6 is 0 Å². The number of nitrogens with zero attached hydrogens (tertiary/aromatic N) is 1. The summed E-state index contributed by atoms with van der Waals surface area (Å²) in [6.45, 7) is 7.87. The van der Waals surface area contributed by atoms with Crippen LogP contribution in [0.1, 0.15) is 26.7 Å². The third-order valence-electron chi connectivity index (χ3n) is 2.94. The normalized spacial score (nSPS) is 24.0. The summed E-state index contributed by atoms with van der Waals surface area (Å²) in [6, 6.07) is 0.290. The summed E-state index contributed by atoms with van der Waals surface area (Å²) in [5.74, 6) is 0.677. The number of carbonyl (C=O) groups excluding carboxylic acids is 1. The SMILES string of the molecule is CC(C)C1CN(CCCN)CCC(=O)N1. The first kappa shape index (κ1) is 12.5. The Labute approximate surface area is 92.2 Å². The van der Waals surface area contributed by atoms with Crippen molar-refractivity contribution in [1.82, 2.24) is 10.2 Å². The second-order valence-electron chi connectivity index (χ2n) is 4.61. The Kier molecular flexibility index (Phi) is 5.05. The Morgan fingerprint density at radius 2 is 2.33 bits per heavy atom. The summed E-state index contributed by atoms with van der Waals surface area (Å²) in [5, 5.41) is 3.07. The minimum absolute atomic E-state index is 0.184. The van der Waals surface area contributed by atoms with E-state index in [4.69, 9.17) is 5.73 Å². The number of hydrogen-bond donors (Lipinski definition) is 2. The molecule has 88 valence electrons. The lowest BCUT2D eigenvalue weighted by atomic mass is 10.0. The predicted molar refractivity (Wildman–Crippen MR) is 61.5 cm³/mol. The van der Waals surface area contributed by atoms with Crippen LogP contribution in [0.3, 0.4) is 0 Å². The summed E-state index contributed by atoms with van der Waals surface area (Å²) in [7, 11) is 0. The number of rotatable bonds is 4. The molecular weight excluding hydrogens is 190 g/mol. The number of carbonyl (C=O) groups is 1. The van der Waals surface area contributed by atoms with Crippen molar-refractivity contribution in [3.63, 3.8) is 0 Å². The molecule has 0 radical (unpaired) electrons. The highest BCUT2D eigenvalue weighted by Gasteiger charge is 2.23. The first-order valence-corrected chi connectivity index (χ1v) is 5.85. The molecule has 1 fully saturated rings. The lowest BCUT2D eigenvalue weighted by Gasteiger charge is -2.26. The molecule has 1 aliphatic heterocycles. The van der Waals surface area contributed by atoms with E-state index in [0.29, 0.717) is 12.3 Å². The van der Waals surface area contributed by atoms with E-state index in [1.807, 2.05) is 0 Å². The molecule has 0 aromatic heterocycles. The van der Waals surface area contributed by atoms with Crippen molar-refractivity contribution in [2.45, 2.75) is 32.7 Å². The first-order valence-electron chi connectivity index (χ1n) is 5.85. The molecule has 15 heavy (non-hydrogen) atoms. The second-order valence-corrected chi connectivity index (χ2v) is 4.61. The van der Waals surface area contributed by atoms with Crippen molar-refractivity contribution < 1.29 is 4.79 Å². The third-order valence-corrected chi connectivity index (χ3v) is 2.94. The fourth-order valence-corrected chi connectivity index (χ4v) is 1.85.